The fraction of sp³-hybridized carbons (Fsp3) is 0.421. The van der Waals surface area contributed by atoms with Gasteiger partial charge in [-0.15, -0.1) is 0 Å². The summed E-state index contributed by atoms with van der Waals surface area (Å²) in [6.45, 7) is 0.463. The van der Waals surface area contributed by atoms with Crippen LogP contribution >= 0.6 is 0 Å². The number of furan rings is 1. The van der Waals surface area contributed by atoms with Crippen LogP contribution in [0.25, 0.3) is 0 Å². The molecule has 1 aliphatic heterocycles. The van der Waals surface area contributed by atoms with Crippen molar-refractivity contribution in [3.8, 4) is 0 Å². The molecule has 2 aromatic rings. The van der Waals surface area contributed by atoms with E-state index in [2.05, 4.69) is 0 Å². The minimum Gasteiger partial charge on any atom is -0.467 e. The lowest BCUT2D eigenvalue weighted by Gasteiger charge is -2.31. The molecule has 4 nitrogen and oxygen atoms in total. The number of hydrogen-bond donors (Lipinski definition) is 1. The first-order chi connectivity index (χ1) is 12.1. The third-order valence-electron chi connectivity index (χ3n) is 4.69. The van der Waals surface area contributed by atoms with Crippen LogP contribution in [0, 0.1) is 11.6 Å². The first-order valence-corrected chi connectivity index (χ1v) is 8.54. The van der Waals surface area contributed by atoms with Crippen LogP contribution in [-0.2, 0) is 0 Å². The molecule has 1 fully saturated rings. The van der Waals surface area contributed by atoms with E-state index in [0.29, 0.717) is 25.1 Å². The number of aliphatic hydroxyl groups excluding tert-OH is 1. The van der Waals surface area contributed by atoms with E-state index in [0.717, 1.165) is 25.3 Å². The van der Waals surface area contributed by atoms with Gasteiger partial charge in [0.25, 0.3) is 5.91 Å². The Morgan fingerprint density at radius 2 is 2.08 bits per heavy atom. The molecule has 1 amide bonds. The van der Waals surface area contributed by atoms with Crippen molar-refractivity contribution < 1.29 is 23.1 Å². The molecule has 2 heterocycles. The van der Waals surface area contributed by atoms with Crippen LogP contribution in [0.5, 0.6) is 0 Å². The van der Waals surface area contributed by atoms with Gasteiger partial charge >= 0.3 is 0 Å². The van der Waals surface area contributed by atoms with E-state index in [1.807, 2.05) is 0 Å². The summed E-state index contributed by atoms with van der Waals surface area (Å²) in [6, 6.07) is 6.74. The predicted octanol–water partition coefficient (Wildman–Crippen LogP) is 4.07. The summed E-state index contributed by atoms with van der Waals surface area (Å²) in [5.74, 6) is -2.25. The molecular formula is C19H21F2NO3. The number of hydrogen-bond acceptors (Lipinski definition) is 3. The van der Waals surface area contributed by atoms with E-state index in [-0.39, 0.29) is 11.6 Å². The van der Waals surface area contributed by atoms with Crippen molar-refractivity contribution in [1.82, 2.24) is 4.90 Å². The van der Waals surface area contributed by atoms with Crippen LogP contribution in [0.15, 0.2) is 41.0 Å². The zero-order valence-electron chi connectivity index (χ0n) is 13.8. The lowest BCUT2D eigenvalue weighted by molar-refractivity contribution is 0.0552. The van der Waals surface area contributed by atoms with Gasteiger partial charge < -0.3 is 14.4 Å². The number of halogens is 2. The fourth-order valence-corrected chi connectivity index (χ4v) is 3.37. The average molecular weight is 349 g/mol. The molecule has 1 N–H and O–H groups in total. The topological polar surface area (TPSA) is 53.7 Å². The second kappa shape index (κ2) is 7.78. The third-order valence-corrected chi connectivity index (χ3v) is 4.69. The summed E-state index contributed by atoms with van der Waals surface area (Å²) in [6.07, 6.45) is 4.34. The monoisotopic (exact) mass is 349 g/mol. The van der Waals surface area contributed by atoms with Crippen LogP contribution in [0.2, 0.25) is 0 Å². The second-order valence-electron chi connectivity index (χ2n) is 6.37. The largest absolute Gasteiger partial charge is 0.467 e. The summed E-state index contributed by atoms with van der Waals surface area (Å²) in [7, 11) is 0. The molecule has 1 saturated heterocycles. The molecule has 25 heavy (non-hydrogen) atoms. The van der Waals surface area contributed by atoms with E-state index in [9.17, 15) is 18.7 Å². The van der Waals surface area contributed by atoms with Gasteiger partial charge in [-0.25, -0.2) is 8.78 Å². The van der Waals surface area contributed by atoms with E-state index in [1.165, 1.54) is 18.4 Å². The SMILES string of the molecule is O=C(c1cccc(F)c1F)N1CCCCCC1CC(O)c1ccco1. The van der Waals surface area contributed by atoms with Crippen LogP contribution in [0.1, 0.15) is 54.3 Å². The number of likely N-dealkylation sites (tertiary alicyclic amines) is 1. The van der Waals surface area contributed by atoms with Gasteiger partial charge in [0, 0.05) is 19.0 Å². The molecule has 2 unspecified atom stereocenters. The minimum absolute atomic E-state index is 0.252. The molecule has 2 atom stereocenters. The van der Waals surface area contributed by atoms with Crippen molar-refractivity contribution in [2.75, 3.05) is 6.54 Å². The number of rotatable bonds is 4. The summed E-state index contributed by atoms with van der Waals surface area (Å²) in [5.41, 5.74) is -0.264. The van der Waals surface area contributed by atoms with Crippen molar-refractivity contribution >= 4 is 5.91 Å². The van der Waals surface area contributed by atoms with Gasteiger partial charge in [0.1, 0.15) is 11.9 Å². The summed E-state index contributed by atoms with van der Waals surface area (Å²) < 4.78 is 32.7. The van der Waals surface area contributed by atoms with Crippen molar-refractivity contribution in [2.24, 2.45) is 0 Å². The van der Waals surface area contributed by atoms with Gasteiger partial charge in [-0.1, -0.05) is 18.9 Å². The molecule has 0 bridgehead atoms. The summed E-state index contributed by atoms with van der Waals surface area (Å²) in [4.78, 5) is 14.4. The lowest BCUT2D eigenvalue weighted by Crippen LogP contribution is -2.41. The van der Waals surface area contributed by atoms with Crippen LogP contribution in [0.4, 0.5) is 8.78 Å². The minimum atomic E-state index is -1.12. The van der Waals surface area contributed by atoms with Gasteiger partial charge in [-0.2, -0.15) is 0 Å². The maximum absolute atomic E-state index is 14.0. The predicted molar refractivity (Wildman–Crippen MR) is 87.9 cm³/mol. The molecule has 0 radical (unpaired) electrons. The van der Waals surface area contributed by atoms with Crippen LogP contribution in [-0.4, -0.2) is 28.5 Å². The summed E-state index contributed by atoms with van der Waals surface area (Å²) in [5, 5.41) is 10.4. The molecule has 0 saturated carbocycles. The molecule has 0 spiro atoms. The fourth-order valence-electron chi connectivity index (χ4n) is 3.37. The van der Waals surface area contributed by atoms with Crippen molar-refractivity contribution in [1.29, 1.82) is 0 Å². The highest BCUT2D eigenvalue weighted by Gasteiger charge is 2.30. The molecule has 134 valence electrons. The van der Waals surface area contributed by atoms with Gasteiger partial charge in [-0.3, -0.25) is 4.79 Å². The van der Waals surface area contributed by atoms with Crippen molar-refractivity contribution in [3.05, 3.63) is 59.6 Å². The Labute approximate surface area is 145 Å². The van der Waals surface area contributed by atoms with Gasteiger partial charge in [0.2, 0.25) is 0 Å². The number of carbonyl (C=O) groups excluding carboxylic acids is 1. The van der Waals surface area contributed by atoms with Crippen LogP contribution in [0.3, 0.4) is 0 Å². The number of benzene rings is 1. The Balaban J connectivity index is 1.82. The zero-order chi connectivity index (χ0) is 17.8. The van der Waals surface area contributed by atoms with Crippen LogP contribution < -0.4 is 0 Å². The second-order valence-corrected chi connectivity index (χ2v) is 6.37. The third kappa shape index (κ3) is 3.90. The van der Waals surface area contributed by atoms with E-state index >= 15 is 0 Å². The first kappa shape index (κ1) is 17.6. The molecule has 1 aromatic carbocycles. The number of aliphatic hydroxyl groups is 1. The zero-order valence-corrected chi connectivity index (χ0v) is 13.8. The molecule has 1 aliphatic rings. The summed E-state index contributed by atoms with van der Waals surface area (Å²) >= 11 is 0. The maximum atomic E-state index is 14.0. The highest BCUT2D eigenvalue weighted by atomic mass is 19.2. The highest BCUT2D eigenvalue weighted by molar-refractivity contribution is 5.94. The van der Waals surface area contributed by atoms with Crippen molar-refractivity contribution in [2.45, 2.75) is 44.2 Å². The van der Waals surface area contributed by atoms with Gasteiger partial charge in [0.05, 0.1) is 11.8 Å². The molecule has 0 aliphatic carbocycles. The molecule has 1 aromatic heterocycles. The Hall–Kier alpha value is -2.21. The average Bonchev–Trinajstić information content (AvgIpc) is 3.05. The normalized spacial score (nSPS) is 19.5. The first-order valence-electron chi connectivity index (χ1n) is 8.54. The Morgan fingerprint density at radius 3 is 2.84 bits per heavy atom. The van der Waals surface area contributed by atoms with E-state index in [4.69, 9.17) is 4.42 Å². The number of nitrogens with zero attached hydrogens (tertiary/aromatic N) is 1. The smallest absolute Gasteiger partial charge is 0.257 e. The van der Waals surface area contributed by atoms with E-state index in [1.54, 1.807) is 17.0 Å². The quantitative estimate of drug-likeness (QED) is 0.905. The highest BCUT2D eigenvalue weighted by Crippen LogP contribution is 2.28. The van der Waals surface area contributed by atoms with Gasteiger partial charge in [0.15, 0.2) is 11.6 Å². The lowest BCUT2D eigenvalue weighted by atomic mass is 10.0. The maximum Gasteiger partial charge on any atom is 0.257 e. The van der Waals surface area contributed by atoms with Crippen molar-refractivity contribution in [3.63, 3.8) is 0 Å². The Bertz CT molecular complexity index is 717. The molecule has 3 rings (SSSR count). The number of amides is 1. The number of carbonyl (C=O) groups is 1. The van der Waals surface area contributed by atoms with Gasteiger partial charge in [-0.05, 0) is 37.1 Å². The Kier molecular flexibility index (Phi) is 5.48. The Morgan fingerprint density at radius 1 is 1.24 bits per heavy atom. The standard InChI is InChI=1S/C19H21F2NO3/c20-15-8-4-7-14(18(15)21)19(24)22-10-3-1-2-6-13(22)12-16(23)17-9-5-11-25-17/h4-5,7-9,11,13,16,23H,1-3,6,10,12H2. The molecular weight excluding hydrogens is 328 g/mol. The molecule has 6 heteroatoms. The van der Waals surface area contributed by atoms with E-state index < -0.39 is 23.6 Å².